The maximum absolute atomic E-state index is 9.49. The van der Waals surface area contributed by atoms with Gasteiger partial charge in [0, 0.05) is 30.2 Å². The number of rotatable bonds is 6. The first-order valence-electron chi connectivity index (χ1n) is 9.63. The number of thiocarbonyl (C=S) groups is 1. The van der Waals surface area contributed by atoms with E-state index in [2.05, 4.69) is 27.0 Å². The Labute approximate surface area is 180 Å². The Balaban J connectivity index is 1.31. The average molecular weight is 420 g/mol. The Bertz CT molecular complexity index is 1140. The van der Waals surface area contributed by atoms with Crippen LogP contribution in [0.4, 0.5) is 11.5 Å². The second-order valence-electron chi connectivity index (χ2n) is 6.87. The van der Waals surface area contributed by atoms with Crippen LogP contribution in [0.1, 0.15) is 17.5 Å². The minimum atomic E-state index is 0.204. The SMILES string of the molecule is Cc1ccccc1NC(=S)NCCCNc1nc2cc3c(cc2cc1C#N)OCO3. The standard InChI is InChI=1S/C22H21N5O2S/c1-14-5-2-3-6-17(14)27-22(30)25-8-4-7-24-21-16(12-23)9-15-10-19-20(29-13-28-19)11-18(15)26-21/h2-3,5-6,9-11H,4,7-8,13H2,1H3,(H,24,26)(H2,25,27,30). The molecule has 0 aliphatic carbocycles. The van der Waals surface area contributed by atoms with Gasteiger partial charge in [-0.2, -0.15) is 5.26 Å². The van der Waals surface area contributed by atoms with Crippen molar-refractivity contribution in [3.05, 3.63) is 53.6 Å². The summed E-state index contributed by atoms with van der Waals surface area (Å²) in [7, 11) is 0. The van der Waals surface area contributed by atoms with Crippen LogP contribution in [0.5, 0.6) is 11.5 Å². The molecule has 7 nitrogen and oxygen atoms in total. The van der Waals surface area contributed by atoms with Crippen molar-refractivity contribution in [1.82, 2.24) is 10.3 Å². The van der Waals surface area contributed by atoms with E-state index in [1.54, 1.807) is 0 Å². The lowest BCUT2D eigenvalue weighted by molar-refractivity contribution is 0.174. The third-order valence-electron chi connectivity index (χ3n) is 4.75. The van der Waals surface area contributed by atoms with E-state index < -0.39 is 0 Å². The van der Waals surface area contributed by atoms with Crippen molar-refractivity contribution < 1.29 is 9.47 Å². The summed E-state index contributed by atoms with van der Waals surface area (Å²) in [6.07, 6.45) is 0.807. The number of fused-ring (bicyclic) bond motifs is 2. The molecule has 0 fully saturated rings. The Morgan fingerprint density at radius 2 is 1.97 bits per heavy atom. The first-order chi connectivity index (χ1) is 14.6. The molecule has 0 saturated heterocycles. The molecule has 0 radical (unpaired) electrons. The summed E-state index contributed by atoms with van der Waals surface area (Å²) in [6.45, 7) is 3.58. The van der Waals surface area contributed by atoms with Crippen molar-refractivity contribution >= 4 is 39.7 Å². The first kappa shape index (κ1) is 19.7. The molecule has 0 atom stereocenters. The van der Waals surface area contributed by atoms with Crippen LogP contribution in [0.2, 0.25) is 0 Å². The number of hydrogen-bond donors (Lipinski definition) is 3. The largest absolute Gasteiger partial charge is 0.454 e. The topological polar surface area (TPSA) is 91.2 Å². The number of hydrogen-bond acceptors (Lipinski definition) is 6. The van der Waals surface area contributed by atoms with Gasteiger partial charge >= 0.3 is 0 Å². The van der Waals surface area contributed by atoms with Gasteiger partial charge in [0.1, 0.15) is 11.9 Å². The fourth-order valence-corrected chi connectivity index (χ4v) is 3.37. The predicted molar refractivity (Wildman–Crippen MR) is 121 cm³/mol. The summed E-state index contributed by atoms with van der Waals surface area (Å²) in [5.74, 6) is 1.91. The lowest BCUT2D eigenvalue weighted by Gasteiger charge is -2.13. The van der Waals surface area contributed by atoms with E-state index in [1.165, 1.54) is 0 Å². The fraction of sp³-hybridized carbons (Fsp3) is 0.227. The third-order valence-corrected chi connectivity index (χ3v) is 5.00. The highest BCUT2D eigenvalue weighted by molar-refractivity contribution is 7.80. The minimum absolute atomic E-state index is 0.204. The molecule has 4 rings (SSSR count). The Kier molecular flexibility index (Phi) is 5.82. The van der Waals surface area contributed by atoms with Crippen LogP contribution in [0, 0.1) is 18.3 Å². The van der Waals surface area contributed by atoms with Crippen LogP contribution < -0.4 is 25.4 Å². The van der Waals surface area contributed by atoms with Gasteiger partial charge in [0.15, 0.2) is 16.6 Å². The van der Waals surface area contributed by atoms with Crippen LogP contribution in [0.15, 0.2) is 42.5 Å². The van der Waals surface area contributed by atoms with Crippen molar-refractivity contribution in [3.63, 3.8) is 0 Å². The van der Waals surface area contributed by atoms with E-state index in [1.807, 2.05) is 49.4 Å². The van der Waals surface area contributed by atoms with Gasteiger partial charge < -0.3 is 25.4 Å². The number of anilines is 2. The Morgan fingerprint density at radius 1 is 1.17 bits per heavy atom. The average Bonchev–Trinajstić information content (AvgIpc) is 3.20. The van der Waals surface area contributed by atoms with Crippen LogP contribution in [0.3, 0.4) is 0 Å². The van der Waals surface area contributed by atoms with Gasteiger partial charge in [0.25, 0.3) is 0 Å². The number of pyridine rings is 1. The van der Waals surface area contributed by atoms with Gasteiger partial charge in [-0.3, -0.25) is 0 Å². The number of nitriles is 1. The number of nitrogens with one attached hydrogen (secondary N) is 3. The number of nitrogens with zero attached hydrogens (tertiary/aromatic N) is 2. The molecule has 0 saturated carbocycles. The van der Waals surface area contributed by atoms with Crippen LogP contribution in [-0.4, -0.2) is 30.0 Å². The van der Waals surface area contributed by atoms with E-state index in [-0.39, 0.29) is 6.79 Å². The molecule has 30 heavy (non-hydrogen) atoms. The lowest BCUT2D eigenvalue weighted by Crippen LogP contribution is -2.30. The van der Waals surface area contributed by atoms with Crippen molar-refractivity contribution in [2.75, 3.05) is 30.5 Å². The molecule has 2 heterocycles. The van der Waals surface area contributed by atoms with Gasteiger partial charge in [-0.05, 0) is 49.3 Å². The van der Waals surface area contributed by atoms with E-state index in [9.17, 15) is 5.26 Å². The fourth-order valence-electron chi connectivity index (χ4n) is 3.16. The van der Waals surface area contributed by atoms with Crippen molar-refractivity contribution in [1.29, 1.82) is 5.26 Å². The highest BCUT2D eigenvalue weighted by atomic mass is 32.1. The summed E-state index contributed by atoms with van der Waals surface area (Å²) in [5.41, 5.74) is 3.37. The molecule has 2 aromatic carbocycles. The van der Waals surface area contributed by atoms with E-state index >= 15 is 0 Å². The summed E-state index contributed by atoms with van der Waals surface area (Å²) < 4.78 is 10.8. The molecule has 1 aromatic heterocycles. The monoisotopic (exact) mass is 419 g/mol. The highest BCUT2D eigenvalue weighted by Crippen LogP contribution is 2.36. The number of para-hydroxylation sites is 1. The summed E-state index contributed by atoms with van der Waals surface area (Å²) in [5, 5.41) is 20.6. The van der Waals surface area contributed by atoms with Gasteiger partial charge in [-0.1, -0.05) is 18.2 Å². The first-order valence-corrected chi connectivity index (χ1v) is 10.0. The zero-order chi connectivity index (χ0) is 20.9. The van der Waals surface area contributed by atoms with Crippen molar-refractivity contribution in [2.45, 2.75) is 13.3 Å². The predicted octanol–water partition coefficient (Wildman–Crippen LogP) is 3.93. The number of ether oxygens (including phenoxy) is 2. The van der Waals surface area contributed by atoms with Gasteiger partial charge in [0.2, 0.25) is 6.79 Å². The van der Waals surface area contributed by atoms with E-state index in [4.69, 9.17) is 21.7 Å². The van der Waals surface area contributed by atoms with Crippen LogP contribution >= 0.6 is 12.2 Å². The summed E-state index contributed by atoms with van der Waals surface area (Å²) in [4.78, 5) is 4.59. The zero-order valence-electron chi connectivity index (χ0n) is 16.5. The normalized spacial score (nSPS) is 11.7. The van der Waals surface area contributed by atoms with Crippen molar-refractivity contribution in [3.8, 4) is 17.6 Å². The van der Waals surface area contributed by atoms with Gasteiger partial charge in [-0.15, -0.1) is 0 Å². The smallest absolute Gasteiger partial charge is 0.231 e. The molecule has 152 valence electrons. The number of aromatic nitrogens is 1. The molecular weight excluding hydrogens is 398 g/mol. The minimum Gasteiger partial charge on any atom is -0.454 e. The molecule has 0 spiro atoms. The van der Waals surface area contributed by atoms with Crippen LogP contribution in [-0.2, 0) is 0 Å². The van der Waals surface area contributed by atoms with Gasteiger partial charge in [0.05, 0.1) is 11.1 Å². The third kappa shape index (κ3) is 4.36. The molecule has 1 aliphatic rings. The second-order valence-corrected chi connectivity index (χ2v) is 7.28. The molecule has 1 aliphatic heterocycles. The van der Waals surface area contributed by atoms with Gasteiger partial charge in [-0.25, -0.2) is 4.98 Å². The Hall–Kier alpha value is -3.57. The molecule has 0 bridgehead atoms. The quantitative estimate of drug-likeness (QED) is 0.409. The van der Waals surface area contributed by atoms with E-state index in [0.29, 0.717) is 41.1 Å². The zero-order valence-corrected chi connectivity index (χ0v) is 17.3. The molecule has 3 N–H and O–H groups in total. The number of aryl methyl sites for hydroxylation is 1. The molecule has 0 amide bonds. The molecule has 8 heteroatoms. The lowest BCUT2D eigenvalue weighted by atomic mass is 10.1. The molecular formula is C22H21N5O2S. The maximum Gasteiger partial charge on any atom is 0.231 e. The van der Waals surface area contributed by atoms with E-state index in [0.717, 1.165) is 28.6 Å². The van der Waals surface area contributed by atoms with Crippen molar-refractivity contribution in [2.24, 2.45) is 0 Å². The molecule has 0 unspecified atom stereocenters. The second kappa shape index (κ2) is 8.84. The highest BCUT2D eigenvalue weighted by Gasteiger charge is 2.16. The summed E-state index contributed by atoms with van der Waals surface area (Å²) >= 11 is 5.35. The molecule has 3 aromatic rings. The Morgan fingerprint density at radius 3 is 2.77 bits per heavy atom. The number of benzene rings is 2. The summed E-state index contributed by atoms with van der Waals surface area (Å²) in [6, 6.07) is 15.7. The maximum atomic E-state index is 9.49. The van der Waals surface area contributed by atoms with Crippen LogP contribution in [0.25, 0.3) is 10.9 Å².